The molecule has 0 aliphatic rings. The third kappa shape index (κ3) is 5.88. The highest BCUT2D eigenvalue weighted by Crippen LogP contribution is 2.18. The zero-order chi connectivity index (χ0) is 13.2. The first-order valence-corrected chi connectivity index (χ1v) is 6.91. The Balaban J connectivity index is 2.25. The van der Waals surface area contributed by atoms with Crippen LogP contribution in [0.3, 0.4) is 0 Å². The average molecular weight is 274 g/mol. The van der Waals surface area contributed by atoms with E-state index in [0.717, 1.165) is 23.5 Å². The minimum atomic E-state index is -0.0376. The van der Waals surface area contributed by atoms with Gasteiger partial charge in [-0.2, -0.15) is 0 Å². The Hall–Kier alpha value is -0.530. The van der Waals surface area contributed by atoms with Crippen molar-refractivity contribution in [3.63, 3.8) is 0 Å². The first kappa shape index (κ1) is 15.5. The Morgan fingerprint density at radius 3 is 2.72 bits per heavy atom. The molecule has 1 rings (SSSR count). The van der Waals surface area contributed by atoms with E-state index in [4.69, 9.17) is 19.9 Å². The van der Waals surface area contributed by atoms with Crippen molar-refractivity contribution >= 4 is 11.3 Å². The van der Waals surface area contributed by atoms with E-state index in [1.54, 1.807) is 25.6 Å². The standard InChI is InChI=1S/C12H22N2O3S/c1-15-5-3-10(13)11-9-18-12(14-11)4-6-17-8-7-16-2/h9-10H,3-8,13H2,1-2H3. The lowest BCUT2D eigenvalue weighted by atomic mass is 10.2. The Bertz CT molecular complexity index is 320. The Morgan fingerprint density at radius 1 is 1.22 bits per heavy atom. The van der Waals surface area contributed by atoms with Crippen LogP contribution < -0.4 is 5.73 Å². The molecule has 0 bridgehead atoms. The van der Waals surface area contributed by atoms with Gasteiger partial charge in [0, 0.05) is 32.6 Å². The maximum atomic E-state index is 6.01. The summed E-state index contributed by atoms with van der Waals surface area (Å²) >= 11 is 1.63. The topological polar surface area (TPSA) is 66.6 Å². The number of ether oxygens (including phenoxy) is 3. The molecule has 1 aromatic heterocycles. The van der Waals surface area contributed by atoms with Gasteiger partial charge in [-0.1, -0.05) is 0 Å². The summed E-state index contributed by atoms with van der Waals surface area (Å²) < 4.78 is 15.3. The highest BCUT2D eigenvalue weighted by atomic mass is 32.1. The summed E-state index contributed by atoms with van der Waals surface area (Å²) in [5.41, 5.74) is 6.95. The van der Waals surface area contributed by atoms with E-state index in [1.165, 1.54) is 0 Å². The SMILES string of the molecule is COCCOCCc1nc(C(N)CCOC)cs1. The van der Waals surface area contributed by atoms with Gasteiger partial charge in [-0.3, -0.25) is 0 Å². The second-order valence-electron chi connectivity index (χ2n) is 3.91. The molecule has 0 radical (unpaired) electrons. The fourth-order valence-corrected chi connectivity index (χ4v) is 2.25. The molecule has 2 N–H and O–H groups in total. The van der Waals surface area contributed by atoms with Gasteiger partial charge in [-0.05, 0) is 6.42 Å². The quantitative estimate of drug-likeness (QED) is 0.653. The van der Waals surface area contributed by atoms with Crippen molar-refractivity contribution in [1.29, 1.82) is 0 Å². The van der Waals surface area contributed by atoms with E-state index in [0.29, 0.717) is 26.4 Å². The van der Waals surface area contributed by atoms with E-state index in [2.05, 4.69) is 4.98 Å². The Morgan fingerprint density at radius 2 is 2.00 bits per heavy atom. The van der Waals surface area contributed by atoms with Gasteiger partial charge >= 0.3 is 0 Å². The molecule has 0 aliphatic heterocycles. The molecule has 0 aliphatic carbocycles. The molecule has 0 amide bonds. The van der Waals surface area contributed by atoms with Gasteiger partial charge in [-0.15, -0.1) is 11.3 Å². The van der Waals surface area contributed by atoms with Crippen molar-refractivity contribution in [1.82, 2.24) is 4.98 Å². The lowest BCUT2D eigenvalue weighted by Crippen LogP contribution is -2.13. The fourth-order valence-electron chi connectivity index (χ4n) is 1.41. The van der Waals surface area contributed by atoms with Gasteiger partial charge in [-0.25, -0.2) is 4.98 Å². The second-order valence-corrected chi connectivity index (χ2v) is 4.85. The highest BCUT2D eigenvalue weighted by molar-refractivity contribution is 7.09. The summed E-state index contributed by atoms with van der Waals surface area (Å²) in [5.74, 6) is 0. The number of rotatable bonds is 10. The molecular formula is C12H22N2O3S. The predicted molar refractivity (Wildman–Crippen MR) is 71.9 cm³/mol. The van der Waals surface area contributed by atoms with E-state index < -0.39 is 0 Å². The first-order chi connectivity index (χ1) is 8.77. The molecule has 5 nitrogen and oxygen atoms in total. The van der Waals surface area contributed by atoms with Crippen molar-refractivity contribution in [3.8, 4) is 0 Å². The van der Waals surface area contributed by atoms with Crippen molar-refractivity contribution in [2.24, 2.45) is 5.73 Å². The van der Waals surface area contributed by atoms with Gasteiger partial charge in [0.2, 0.25) is 0 Å². The van der Waals surface area contributed by atoms with Crippen LogP contribution in [0, 0.1) is 0 Å². The molecule has 0 saturated heterocycles. The zero-order valence-corrected chi connectivity index (χ0v) is 11.9. The smallest absolute Gasteiger partial charge is 0.0951 e. The van der Waals surface area contributed by atoms with Crippen LogP contribution in [0.1, 0.15) is 23.2 Å². The number of nitrogens with two attached hydrogens (primary N) is 1. The third-order valence-electron chi connectivity index (χ3n) is 2.47. The normalized spacial score (nSPS) is 12.8. The zero-order valence-electron chi connectivity index (χ0n) is 11.1. The summed E-state index contributed by atoms with van der Waals surface area (Å²) in [5, 5.41) is 3.08. The number of methoxy groups -OCH3 is 2. The van der Waals surface area contributed by atoms with Gasteiger partial charge < -0.3 is 19.9 Å². The largest absolute Gasteiger partial charge is 0.385 e. The summed E-state index contributed by atoms with van der Waals surface area (Å²) in [6.45, 7) is 2.59. The average Bonchev–Trinajstić information content (AvgIpc) is 2.84. The van der Waals surface area contributed by atoms with Crippen LogP contribution in [0.4, 0.5) is 0 Å². The highest BCUT2D eigenvalue weighted by Gasteiger charge is 2.10. The monoisotopic (exact) mass is 274 g/mol. The Labute approximate surface area is 112 Å². The number of aromatic nitrogens is 1. The Kier molecular flexibility index (Phi) is 8.11. The minimum absolute atomic E-state index is 0.0376. The summed E-state index contributed by atoms with van der Waals surface area (Å²) in [6, 6.07) is -0.0376. The second kappa shape index (κ2) is 9.41. The van der Waals surface area contributed by atoms with E-state index in [1.807, 2.05) is 5.38 Å². The van der Waals surface area contributed by atoms with Crippen LogP contribution in [0.25, 0.3) is 0 Å². The van der Waals surface area contributed by atoms with Crippen LogP contribution >= 0.6 is 11.3 Å². The maximum Gasteiger partial charge on any atom is 0.0951 e. The molecule has 1 aromatic rings. The fraction of sp³-hybridized carbons (Fsp3) is 0.750. The first-order valence-electron chi connectivity index (χ1n) is 6.03. The molecule has 6 heteroatoms. The number of hydrogen-bond acceptors (Lipinski definition) is 6. The van der Waals surface area contributed by atoms with Crippen LogP contribution in [0.15, 0.2) is 5.38 Å². The summed E-state index contributed by atoms with van der Waals surface area (Å²) in [4.78, 5) is 4.51. The van der Waals surface area contributed by atoms with Gasteiger partial charge in [0.1, 0.15) is 0 Å². The molecule has 1 unspecified atom stereocenters. The van der Waals surface area contributed by atoms with Gasteiger partial charge in [0.05, 0.1) is 36.6 Å². The number of hydrogen-bond donors (Lipinski definition) is 1. The molecule has 0 fully saturated rings. The molecular weight excluding hydrogens is 252 g/mol. The van der Waals surface area contributed by atoms with Crippen LogP contribution in [-0.2, 0) is 20.6 Å². The van der Waals surface area contributed by atoms with Gasteiger partial charge in [0.25, 0.3) is 0 Å². The summed E-state index contributed by atoms with van der Waals surface area (Å²) in [7, 11) is 3.34. The molecule has 104 valence electrons. The third-order valence-corrected chi connectivity index (χ3v) is 3.40. The maximum absolute atomic E-state index is 6.01. The van der Waals surface area contributed by atoms with E-state index in [9.17, 15) is 0 Å². The van der Waals surface area contributed by atoms with Crippen LogP contribution in [-0.4, -0.2) is 45.6 Å². The van der Waals surface area contributed by atoms with E-state index in [-0.39, 0.29) is 6.04 Å². The molecule has 1 atom stereocenters. The van der Waals surface area contributed by atoms with E-state index >= 15 is 0 Å². The van der Waals surface area contributed by atoms with Crippen molar-refractivity contribution in [2.45, 2.75) is 18.9 Å². The lowest BCUT2D eigenvalue weighted by molar-refractivity contribution is 0.0722. The molecule has 18 heavy (non-hydrogen) atoms. The number of thiazole rings is 1. The van der Waals surface area contributed by atoms with Crippen LogP contribution in [0.2, 0.25) is 0 Å². The molecule has 0 aromatic carbocycles. The summed E-state index contributed by atoms with van der Waals surface area (Å²) in [6.07, 6.45) is 1.62. The predicted octanol–water partition coefficient (Wildman–Crippen LogP) is 1.38. The van der Waals surface area contributed by atoms with Gasteiger partial charge in [0.15, 0.2) is 0 Å². The van der Waals surface area contributed by atoms with Crippen molar-refractivity contribution in [2.75, 3.05) is 40.6 Å². The molecule has 1 heterocycles. The minimum Gasteiger partial charge on any atom is -0.385 e. The van der Waals surface area contributed by atoms with Crippen LogP contribution in [0.5, 0.6) is 0 Å². The molecule has 0 spiro atoms. The number of nitrogens with zero attached hydrogens (tertiary/aromatic N) is 1. The van der Waals surface area contributed by atoms with Crippen molar-refractivity contribution < 1.29 is 14.2 Å². The van der Waals surface area contributed by atoms with Crippen molar-refractivity contribution in [3.05, 3.63) is 16.1 Å². The lowest BCUT2D eigenvalue weighted by Gasteiger charge is -2.07. The molecule has 0 saturated carbocycles.